The highest BCUT2D eigenvalue weighted by atomic mass is 19.4. The van der Waals surface area contributed by atoms with Gasteiger partial charge in [-0.25, -0.2) is 4.99 Å². The minimum Gasteiger partial charge on any atom is -0.481 e. The van der Waals surface area contributed by atoms with Gasteiger partial charge < -0.3 is 27.0 Å². The summed E-state index contributed by atoms with van der Waals surface area (Å²) in [4.78, 5) is 39.2. The van der Waals surface area contributed by atoms with Gasteiger partial charge in [0.15, 0.2) is 11.7 Å². The summed E-state index contributed by atoms with van der Waals surface area (Å²) in [5.41, 5.74) is 8.54. The molecule has 186 valence electrons. The van der Waals surface area contributed by atoms with Crippen molar-refractivity contribution in [3.63, 3.8) is 0 Å². The number of carbonyl (C=O) groups is 3. The Morgan fingerprint density at radius 3 is 2.38 bits per heavy atom. The maximum atomic E-state index is 13.1. The number of nitrogens with two attached hydrogens (primary N) is 2. The van der Waals surface area contributed by atoms with Gasteiger partial charge in [0.25, 0.3) is 5.91 Å². The minimum absolute atomic E-state index is 0.0517. The first kappa shape index (κ1) is 26.8. The predicted molar refractivity (Wildman–Crippen MR) is 117 cm³/mol. The van der Waals surface area contributed by atoms with Crippen LogP contribution in [0.5, 0.6) is 0 Å². The molecule has 0 aliphatic heterocycles. The number of carboxylic acids is 1. The Kier molecular flexibility index (Phi) is 9.19. The standard InChI is InChI=1S/C22H27F3N4O5/c23-22(24,25)15-7-14(8-16(10-15)29-21(26)27)20(34)28-11-17(30)6-5-13(9-18(31)32)19(33)12-3-1-2-4-12/h5-8,10,12-13,19,33H,1-4,9,11H2,(H,28,34)(H,31,32)(H4,26,27,29). The lowest BCUT2D eigenvalue weighted by atomic mass is 9.87. The van der Waals surface area contributed by atoms with Crippen molar-refractivity contribution in [2.45, 2.75) is 44.4 Å². The third-order valence-corrected chi connectivity index (χ3v) is 5.45. The second-order valence-corrected chi connectivity index (χ2v) is 8.11. The average Bonchev–Trinajstić information content (AvgIpc) is 3.27. The molecule has 0 bridgehead atoms. The molecule has 0 spiro atoms. The second kappa shape index (κ2) is 11.6. The molecular formula is C22H27F3N4O5. The molecular weight excluding hydrogens is 457 g/mol. The van der Waals surface area contributed by atoms with Crippen molar-refractivity contribution in [1.29, 1.82) is 0 Å². The summed E-state index contributed by atoms with van der Waals surface area (Å²) in [5, 5.41) is 21.8. The number of amides is 1. The zero-order valence-corrected chi connectivity index (χ0v) is 18.2. The van der Waals surface area contributed by atoms with Crippen LogP contribution < -0.4 is 16.8 Å². The van der Waals surface area contributed by atoms with Crippen molar-refractivity contribution in [1.82, 2.24) is 5.32 Å². The van der Waals surface area contributed by atoms with Crippen LogP contribution in [0, 0.1) is 11.8 Å². The van der Waals surface area contributed by atoms with E-state index in [4.69, 9.17) is 16.6 Å². The largest absolute Gasteiger partial charge is 0.481 e. The number of aliphatic hydroxyl groups excluding tert-OH is 1. The molecule has 2 atom stereocenters. The maximum Gasteiger partial charge on any atom is 0.416 e. The van der Waals surface area contributed by atoms with Gasteiger partial charge in [0.2, 0.25) is 0 Å². The molecule has 1 aromatic rings. The molecule has 1 aromatic carbocycles. The number of nitrogens with one attached hydrogen (secondary N) is 1. The van der Waals surface area contributed by atoms with Gasteiger partial charge in [-0.3, -0.25) is 14.4 Å². The topological polar surface area (TPSA) is 168 Å². The first-order valence-electron chi connectivity index (χ1n) is 10.6. The smallest absolute Gasteiger partial charge is 0.416 e. The van der Waals surface area contributed by atoms with E-state index in [1.54, 1.807) is 0 Å². The molecule has 34 heavy (non-hydrogen) atoms. The number of carbonyl (C=O) groups excluding carboxylic acids is 2. The van der Waals surface area contributed by atoms with Gasteiger partial charge in [0.05, 0.1) is 30.3 Å². The van der Waals surface area contributed by atoms with Gasteiger partial charge in [-0.05, 0) is 43.0 Å². The third kappa shape index (κ3) is 8.18. The number of hydrogen-bond donors (Lipinski definition) is 5. The molecule has 7 N–H and O–H groups in total. The van der Waals surface area contributed by atoms with Crippen molar-refractivity contribution in [2.75, 3.05) is 6.54 Å². The van der Waals surface area contributed by atoms with E-state index < -0.39 is 59.5 Å². The quantitative estimate of drug-likeness (QED) is 0.192. The van der Waals surface area contributed by atoms with Gasteiger partial charge in [-0.2, -0.15) is 13.2 Å². The number of alkyl halides is 3. The fourth-order valence-electron chi connectivity index (χ4n) is 3.83. The Morgan fingerprint density at radius 1 is 1.18 bits per heavy atom. The molecule has 1 aliphatic carbocycles. The van der Waals surface area contributed by atoms with Gasteiger partial charge in [-0.1, -0.05) is 18.9 Å². The van der Waals surface area contributed by atoms with Crippen molar-refractivity contribution in [3.05, 3.63) is 41.5 Å². The summed E-state index contributed by atoms with van der Waals surface area (Å²) in [7, 11) is 0. The van der Waals surface area contributed by atoms with E-state index in [0.29, 0.717) is 12.1 Å². The third-order valence-electron chi connectivity index (χ3n) is 5.45. The van der Waals surface area contributed by atoms with E-state index in [1.165, 1.54) is 6.08 Å². The molecule has 2 unspecified atom stereocenters. The van der Waals surface area contributed by atoms with Gasteiger partial charge in [-0.15, -0.1) is 0 Å². The summed E-state index contributed by atoms with van der Waals surface area (Å²) >= 11 is 0. The monoisotopic (exact) mass is 484 g/mol. The van der Waals surface area contributed by atoms with E-state index >= 15 is 0 Å². The first-order chi connectivity index (χ1) is 15.9. The number of nitrogens with zero attached hydrogens (tertiary/aromatic N) is 1. The van der Waals surface area contributed by atoms with E-state index in [-0.39, 0.29) is 18.0 Å². The van der Waals surface area contributed by atoms with Crippen LogP contribution in [0.1, 0.15) is 48.0 Å². The summed E-state index contributed by atoms with van der Waals surface area (Å²) in [6, 6.07) is 2.30. The van der Waals surface area contributed by atoms with Crippen LogP contribution in [0.15, 0.2) is 35.3 Å². The first-order valence-corrected chi connectivity index (χ1v) is 10.6. The summed E-state index contributed by atoms with van der Waals surface area (Å²) < 4.78 is 39.4. The molecule has 1 saturated carbocycles. The molecule has 0 heterocycles. The molecule has 9 nitrogen and oxygen atoms in total. The molecule has 0 saturated heterocycles. The average molecular weight is 484 g/mol. The normalized spacial score (nSPS) is 16.2. The highest BCUT2D eigenvalue weighted by Crippen LogP contribution is 2.33. The van der Waals surface area contributed by atoms with Gasteiger partial charge in [0.1, 0.15) is 0 Å². The fraction of sp³-hybridized carbons (Fsp3) is 0.455. The number of hydrogen-bond acceptors (Lipinski definition) is 5. The van der Waals surface area contributed by atoms with Crippen LogP contribution in [-0.2, 0) is 15.8 Å². The van der Waals surface area contributed by atoms with Crippen molar-refractivity contribution in [3.8, 4) is 0 Å². The number of ketones is 1. The predicted octanol–water partition coefficient (Wildman–Crippen LogP) is 2.11. The van der Waals surface area contributed by atoms with Gasteiger partial charge in [0, 0.05) is 11.5 Å². The lowest BCUT2D eigenvalue weighted by molar-refractivity contribution is -0.139. The van der Waals surface area contributed by atoms with Crippen molar-refractivity contribution >= 4 is 29.3 Å². The van der Waals surface area contributed by atoms with Crippen LogP contribution in [0.4, 0.5) is 18.9 Å². The summed E-state index contributed by atoms with van der Waals surface area (Å²) in [5.74, 6) is -4.06. The van der Waals surface area contributed by atoms with E-state index in [0.717, 1.165) is 37.8 Å². The Bertz CT molecular complexity index is 968. The van der Waals surface area contributed by atoms with Gasteiger partial charge >= 0.3 is 12.1 Å². The number of guanidine groups is 1. The van der Waals surface area contributed by atoms with E-state index in [1.807, 2.05) is 0 Å². The minimum atomic E-state index is -4.76. The zero-order chi connectivity index (χ0) is 25.5. The molecule has 1 aliphatic rings. The Labute approximate surface area is 193 Å². The van der Waals surface area contributed by atoms with Crippen LogP contribution >= 0.6 is 0 Å². The lowest BCUT2D eigenvalue weighted by Crippen LogP contribution is -2.30. The number of aliphatic imine (C=N–C) groups is 1. The maximum absolute atomic E-state index is 13.1. The van der Waals surface area contributed by atoms with Crippen molar-refractivity contribution < 1.29 is 37.8 Å². The highest BCUT2D eigenvalue weighted by molar-refractivity contribution is 6.00. The second-order valence-electron chi connectivity index (χ2n) is 8.11. The number of aliphatic carboxylic acids is 1. The number of benzene rings is 1. The van der Waals surface area contributed by atoms with Crippen LogP contribution in [-0.4, -0.2) is 46.5 Å². The zero-order valence-electron chi connectivity index (χ0n) is 18.2. The molecule has 12 heteroatoms. The number of halogens is 3. The van der Waals surface area contributed by atoms with E-state index in [2.05, 4.69) is 10.3 Å². The van der Waals surface area contributed by atoms with Crippen LogP contribution in [0.2, 0.25) is 0 Å². The molecule has 1 amide bonds. The SMILES string of the molecule is NC(N)=Nc1cc(C(=O)NCC(=O)C=CC(CC(=O)O)C(O)C2CCCC2)cc(C(F)(F)F)c1. The van der Waals surface area contributed by atoms with E-state index in [9.17, 15) is 32.7 Å². The molecule has 2 rings (SSSR count). The Hall–Kier alpha value is -3.41. The lowest BCUT2D eigenvalue weighted by Gasteiger charge is -2.24. The number of rotatable bonds is 10. The van der Waals surface area contributed by atoms with Crippen molar-refractivity contribution in [2.24, 2.45) is 28.3 Å². The molecule has 1 fully saturated rings. The van der Waals surface area contributed by atoms with Crippen LogP contribution in [0.25, 0.3) is 0 Å². The molecule has 0 radical (unpaired) electrons. The Morgan fingerprint density at radius 2 is 1.82 bits per heavy atom. The Balaban J connectivity index is 2.08. The number of carboxylic acid groups (broad SMARTS) is 1. The van der Waals surface area contributed by atoms with Crippen LogP contribution in [0.3, 0.4) is 0 Å². The summed E-state index contributed by atoms with van der Waals surface area (Å²) in [6.07, 6.45) is -0.269. The fourth-order valence-corrected chi connectivity index (χ4v) is 3.83. The molecule has 0 aromatic heterocycles. The summed E-state index contributed by atoms with van der Waals surface area (Å²) in [6.45, 7) is -0.553. The number of aliphatic hydroxyl groups is 1. The highest BCUT2D eigenvalue weighted by Gasteiger charge is 2.32.